The molecule has 0 atom stereocenters. The Labute approximate surface area is 163 Å². The minimum Gasteiger partial charge on any atom is -0.436 e. The molecule has 0 saturated carbocycles. The van der Waals surface area contributed by atoms with E-state index in [4.69, 9.17) is 16.0 Å². The molecule has 0 aliphatic carbocycles. The summed E-state index contributed by atoms with van der Waals surface area (Å²) in [5.74, 6) is -0.121. The molecule has 1 amide bonds. The minimum absolute atomic E-state index is 0.150. The lowest BCUT2D eigenvalue weighted by Gasteiger charge is -2.08. The largest absolute Gasteiger partial charge is 0.436 e. The Kier molecular flexibility index (Phi) is 4.50. The number of nitrogens with one attached hydrogen (secondary N) is 1. The molecule has 0 spiro atoms. The van der Waals surface area contributed by atoms with Crippen molar-refractivity contribution in [1.82, 2.24) is 4.98 Å². The Morgan fingerprint density at radius 1 is 1.07 bits per heavy atom. The predicted molar refractivity (Wildman–Crippen MR) is 106 cm³/mol. The van der Waals surface area contributed by atoms with Crippen molar-refractivity contribution in [2.24, 2.45) is 0 Å². The molecule has 0 aliphatic heterocycles. The van der Waals surface area contributed by atoms with E-state index in [1.165, 1.54) is 24.3 Å². The molecule has 1 aromatic heterocycles. The summed E-state index contributed by atoms with van der Waals surface area (Å²) in [6, 6.07) is 17.8. The van der Waals surface area contributed by atoms with Gasteiger partial charge in [-0.25, -0.2) is 4.98 Å². The summed E-state index contributed by atoms with van der Waals surface area (Å²) in [6.07, 6.45) is 0. The van der Waals surface area contributed by atoms with Crippen LogP contribution in [0.2, 0.25) is 5.02 Å². The number of amides is 1. The Hall–Kier alpha value is -3.71. The molecule has 0 bridgehead atoms. The number of non-ortho nitro benzene ring substituents is 1. The molecule has 138 valence electrons. The smallest absolute Gasteiger partial charge is 0.270 e. The molecule has 4 rings (SSSR count). The molecule has 0 unspecified atom stereocenters. The van der Waals surface area contributed by atoms with E-state index in [2.05, 4.69) is 10.3 Å². The van der Waals surface area contributed by atoms with Crippen LogP contribution in [-0.2, 0) is 0 Å². The van der Waals surface area contributed by atoms with Crippen molar-refractivity contribution in [3.05, 3.63) is 87.4 Å². The van der Waals surface area contributed by atoms with Crippen molar-refractivity contribution < 1.29 is 14.1 Å². The van der Waals surface area contributed by atoms with Crippen LogP contribution < -0.4 is 5.32 Å². The van der Waals surface area contributed by atoms with Crippen molar-refractivity contribution in [2.75, 3.05) is 5.32 Å². The topological polar surface area (TPSA) is 98.3 Å². The third kappa shape index (κ3) is 3.43. The van der Waals surface area contributed by atoms with Crippen LogP contribution in [0.15, 0.2) is 71.1 Å². The van der Waals surface area contributed by atoms with E-state index in [0.717, 1.165) is 5.52 Å². The number of benzene rings is 3. The number of halogens is 1. The summed E-state index contributed by atoms with van der Waals surface area (Å²) in [5.41, 5.74) is 2.33. The third-order valence-corrected chi connectivity index (χ3v) is 4.40. The highest BCUT2D eigenvalue weighted by Gasteiger charge is 2.15. The van der Waals surface area contributed by atoms with Gasteiger partial charge in [-0.2, -0.15) is 0 Å². The number of oxazole rings is 1. The second-order valence-electron chi connectivity index (χ2n) is 5.94. The molecule has 0 fully saturated rings. The van der Waals surface area contributed by atoms with Gasteiger partial charge in [0.05, 0.1) is 15.6 Å². The first-order valence-electron chi connectivity index (χ1n) is 8.22. The molecule has 28 heavy (non-hydrogen) atoms. The first kappa shape index (κ1) is 17.7. The van der Waals surface area contributed by atoms with E-state index in [0.29, 0.717) is 27.7 Å². The summed E-state index contributed by atoms with van der Waals surface area (Å²) in [6.45, 7) is 0. The zero-order valence-electron chi connectivity index (χ0n) is 14.3. The number of fused-ring (bicyclic) bond motifs is 1. The minimum atomic E-state index is -0.558. The normalized spacial score (nSPS) is 10.8. The highest BCUT2D eigenvalue weighted by molar-refractivity contribution is 6.34. The summed E-state index contributed by atoms with van der Waals surface area (Å²) in [7, 11) is 0. The van der Waals surface area contributed by atoms with Gasteiger partial charge in [-0.15, -0.1) is 0 Å². The van der Waals surface area contributed by atoms with Crippen LogP contribution in [0.1, 0.15) is 10.4 Å². The van der Waals surface area contributed by atoms with Gasteiger partial charge >= 0.3 is 0 Å². The molecule has 3 aromatic carbocycles. The van der Waals surface area contributed by atoms with Crippen molar-refractivity contribution in [2.45, 2.75) is 0 Å². The summed E-state index contributed by atoms with van der Waals surface area (Å²) < 4.78 is 5.74. The van der Waals surface area contributed by atoms with Gasteiger partial charge in [-0.3, -0.25) is 14.9 Å². The lowest BCUT2D eigenvalue weighted by atomic mass is 10.1. The number of carbonyl (C=O) groups excluding carboxylic acids is 1. The maximum absolute atomic E-state index is 12.5. The van der Waals surface area contributed by atoms with E-state index >= 15 is 0 Å². The van der Waals surface area contributed by atoms with Crippen molar-refractivity contribution in [3.63, 3.8) is 0 Å². The molecule has 8 heteroatoms. The second-order valence-corrected chi connectivity index (χ2v) is 6.35. The van der Waals surface area contributed by atoms with Crippen molar-refractivity contribution in [1.29, 1.82) is 0 Å². The molecule has 4 aromatic rings. The van der Waals surface area contributed by atoms with Crippen molar-refractivity contribution in [3.8, 4) is 11.5 Å². The van der Waals surface area contributed by atoms with Crippen molar-refractivity contribution >= 4 is 40.0 Å². The average molecular weight is 394 g/mol. The maximum atomic E-state index is 12.5. The number of nitrogens with zero attached hydrogens (tertiary/aromatic N) is 2. The van der Waals surface area contributed by atoms with Crippen LogP contribution in [0, 0.1) is 10.1 Å². The zero-order valence-corrected chi connectivity index (χ0v) is 15.0. The van der Waals surface area contributed by atoms with E-state index in [1.807, 2.05) is 24.3 Å². The first-order valence-corrected chi connectivity index (χ1v) is 8.60. The van der Waals surface area contributed by atoms with Crippen LogP contribution in [0.25, 0.3) is 22.6 Å². The first-order chi connectivity index (χ1) is 13.5. The van der Waals surface area contributed by atoms with Gasteiger partial charge in [0.2, 0.25) is 5.89 Å². The van der Waals surface area contributed by atoms with E-state index < -0.39 is 10.8 Å². The molecule has 0 radical (unpaired) electrons. The highest BCUT2D eigenvalue weighted by Crippen LogP contribution is 2.30. The second kappa shape index (κ2) is 7.13. The highest BCUT2D eigenvalue weighted by atomic mass is 35.5. The number of hydrogen-bond acceptors (Lipinski definition) is 5. The van der Waals surface area contributed by atoms with Crippen LogP contribution in [0.4, 0.5) is 11.4 Å². The predicted octanol–water partition coefficient (Wildman–Crippen LogP) is 5.31. The number of nitro benzene ring substituents is 1. The number of rotatable bonds is 4. The fourth-order valence-electron chi connectivity index (χ4n) is 2.70. The van der Waals surface area contributed by atoms with Crippen LogP contribution in [0.5, 0.6) is 0 Å². The number of para-hydroxylation sites is 2. The van der Waals surface area contributed by atoms with Gasteiger partial charge in [0.1, 0.15) is 5.52 Å². The number of hydrogen-bond donors (Lipinski definition) is 1. The Bertz CT molecular complexity index is 1190. The van der Waals surface area contributed by atoms with Gasteiger partial charge in [0.15, 0.2) is 5.58 Å². The van der Waals surface area contributed by atoms with Crippen LogP contribution in [0.3, 0.4) is 0 Å². The molecular weight excluding hydrogens is 382 g/mol. The fourth-order valence-corrected chi connectivity index (χ4v) is 2.87. The lowest BCUT2D eigenvalue weighted by Crippen LogP contribution is -2.12. The van der Waals surface area contributed by atoms with Gasteiger partial charge < -0.3 is 9.73 Å². The number of anilines is 1. The number of aromatic nitrogens is 1. The summed E-state index contributed by atoms with van der Waals surface area (Å²) >= 11 is 6.20. The zero-order chi connectivity index (χ0) is 19.7. The average Bonchev–Trinajstić information content (AvgIpc) is 3.14. The van der Waals surface area contributed by atoms with E-state index in [-0.39, 0.29) is 11.3 Å². The lowest BCUT2D eigenvalue weighted by molar-refractivity contribution is -0.384. The van der Waals surface area contributed by atoms with E-state index in [9.17, 15) is 14.9 Å². The SMILES string of the molecule is O=C(Nc1cc(-c2nc3ccccc3o2)ccc1Cl)c1cccc([N+](=O)[O-])c1. The molecular formula is C20H12ClN3O4. The van der Waals surface area contributed by atoms with Gasteiger partial charge in [0, 0.05) is 23.3 Å². The summed E-state index contributed by atoms with van der Waals surface area (Å²) in [4.78, 5) is 27.3. The maximum Gasteiger partial charge on any atom is 0.270 e. The summed E-state index contributed by atoms with van der Waals surface area (Å²) in [5, 5.41) is 13.9. The van der Waals surface area contributed by atoms with Crippen LogP contribution in [-0.4, -0.2) is 15.8 Å². The Morgan fingerprint density at radius 2 is 1.89 bits per heavy atom. The van der Waals surface area contributed by atoms with E-state index in [1.54, 1.807) is 18.2 Å². The molecule has 0 aliphatic rings. The molecule has 0 saturated heterocycles. The van der Waals surface area contributed by atoms with Gasteiger partial charge in [-0.1, -0.05) is 29.8 Å². The number of nitro groups is 1. The fraction of sp³-hybridized carbons (Fsp3) is 0. The monoisotopic (exact) mass is 393 g/mol. The Morgan fingerprint density at radius 3 is 2.68 bits per heavy atom. The number of carbonyl (C=O) groups is 1. The van der Waals surface area contributed by atoms with Gasteiger partial charge in [0.25, 0.3) is 11.6 Å². The third-order valence-electron chi connectivity index (χ3n) is 4.07. The molecule has 7 nitrogen and oxygen atoms in total. The quantitative estimate of drug-likeness (QED) is 0.374. The Balaban J connectivity index is 1.65. The van der Waals surface area contributed by atoms with Crippen LogP contribution >= 0.6 is 11.6 Å². The molecule has 1 N–H and O–H groups in total. The standard InChI is InChI=1S/C20H12ClN3O4/c21-15-9-8-13(20-23-16-6-1-2-7-18(16)28-20)11-17(15)22-19(25)12-4-3-5-14(10-12)24(26)27/h1-11H,(H,22,25). The molecule has 1 heterocycles. The van der Waals surface area contributed by atoms with Gasteiger partial charge in [-0.05, 0) is 36.4 Å².